The Labute approximate surface area is 117 Å². The molecule has 3 atom stereocenters. The fourth-order valence-electron chi connectivity index (χ4n) is 3.35. The Morgan fingerprint density at radius 2 is 2.26 bits per heavy atom. The highest BCUT2D eigenvalue weighted by molar-refractivity contribution is 7.91. The second-order valence-corrected chi connectivity index (χ2v) is 8.89. The van der Waals surface area contributed by atoms with Crippen molar-refractivity contribution in [3.8, 4) is 0 Å². The molecule has 0 aromatic carbocycles. The van der Waals surface area contributed by atoms with Crippen molar-refractivity contribution in [1.82, 2.24) is 10.6 Å². The van der Waals surface area contributed by atoms with E-state index in [1.54, 1.807) is 0 Å². The normalized spacial score (nSPS) is 36.2. The Kier molecular flexibility index (Phi) is 4.90. The molecule has 2 fully saturated rings. The van der Waals surface area contributed by atoms with Gasteiger partial charge in [0.2, 0.25) is 0 Å². The van der Waals surface area contributed by atoms with E-state index in [0.717, 1.165) is 38.4 Å². The summed E-state index contributed by atoms with van der Waals surface area (Å²) >= 11 is 0. The molecule has 2 aliphatic rings. The highest BCUT2D eigenvalue weighted by Crippen LogP contribution is 2.25. The largest absolute Gasteiger partial charge is 0.316 e. The van der Waals surface area contributed by atoms with Gasteiger partial charge in [-0.05, 0) is 64.1 Å². The van der Waals surface area contributed by atoms with E-state index in [1.165, 1.54) is 12.8 Å². The van der Waals surface area contributed by atoms with Gasteiger partial charge in [0.25, 0.3) is 0 Å². The van der Waals surface area contributed by atoms with Crippen LogP contribution in [-0.2, 0) is 9.84 Å². The van der Waals surface area contributed by atoms with Crippen molar-refractivity contribution < 1.29 is 8.42 Å². The van der Waals surface area contributed by atoms with E-state index in [2.05, 4.69) is 17.6 Å². The lowest BCUT2D eigenvalue weighted by Gasteiger charge is -2.30. The van der Waals surface area contributed by atoms with Crippen LogP contribution in [0.4, 0.5) is 0 Å². The summed E-state index contributed by atoms with van der Waals surface area (Å²) in [6.45, 7) is 7.62. The summed E-state index contributed by atoms with van der Waals surface area (Å²) in [5.74, 6) is 2.15. The minimum atomic E-state index is -2.80. The maximum atomic E-state index is 11.5. The van der Waals surface area contributed by atoms with Gasteiger partial charge in [-0.1, -0.05) is 6.92 Å². The van der Waals surface area contributed by atoms with Crippen LogP contribution in [0.15, 0.2) is 0 Å². The van der Waals surface area contributed by atoms with E-state index >= 15 is 0 Å². The molecule has 112 valence electrons. The van der Waals surface area contributed by atoms with Crippen LogP contribution in [0.1, 0.15) is 39.5 Å². The van der Waals surface area contributed by atoms with E-state index in [4.69, 9.17) is 0 Å². The van der Waals surface area contributed by atoms with Gasteiger partial charge in [-0.25, -0.2) is 8.42 Å². The Hall–Kier alpha value is -0.130. The smallest absolute Gasteiger partial charge is 0.152 e. The molecule has 0 saturated carbocycles. The summed E-state index contributed by atoms with van der Waals surface area (Å²) < 4.78 is 23.1. The minimum Gasteiger partial charge on any atom is -0.316 e. The fraction of sp³-hybridized carbons (Fsp3) is 1.00. The molecule has 19 heavy (non-hydrogen) atoms. The first-order valence-electron chi connectivity index (χ1n) is 7.56. The third kappa shape index (κ3) is 4.43. The SMILES string of the molecule is CC(CCNC1(C)CCS(=O)(=O)C1)C1CCCNC1. The van der Waals surface area contributed by atoms with Crippen molar-refractivity contribution in [2.24, 2.45) is 11.8 Å². The Morgan fingerprint density at radius 3 is 2.84 bits per heavy atom. The average Bonchev–Trinajstić information content (AvgIpc) is 2.65. The zero-order valence-electron chi connectivity index (χ0n) is 12.2. The molecule has 2 saturated heterocycles. The molecule has 0 amide bonds. The standard InChI is InChI=1S/C14H28N2O2S/c1-12(13-4-3-7-15-10-13)5-8-16-14(2)6-9-19(17,18)11-14/h12-13,15-16H,3-11H2,1-2H3. The molecule has 2 rings (SSSR count). The van der Waals surface area contributed by atoms with Crippen molar-refractivity contribution in [1.29, 1.82) is 0 Å². The van der Waals surface area contributed by atoms with Crippen LogP contribution < -0.4 is 10.6 Å². The van der Waals surface area contributed by atoms with Crippen molar-refractivity contribution in [3.05, 3.63) is 0 Å². The summed E-state index contributed by atoms with van der Waals surface area (Å²) in [6.07, 6.45) is 4.52. The van der Waals surface area contributed by atoms with Crippen LogP contribution in [-0.4, -0.2) is 45.1 Å². The van der Waals surface area contributed by atoms with E-state index in [0.29, 0.717) is 17.4 Å². The fourth-order valence-corrected chi connectivity index (χ4v) is 5.47. The number of nitrogens with one attached hydrogen (secondary N) is 2. The third-order valence-electron chi connectivity index (χ3n) is 4.79. The van der Waals surface area contributed by atoms with Crippen LogP contribution >= 0.6 is 0 Å². The first-order chi connectivity index (χ1) is 8.90. The van der Waals surface area contributed by atoms with Crippen LogP contribution in [0.25, 0.3) is 0 Å². The Morgan fingerprint density at radius 1 is 1.47 bits per heavy atom. The summed E-state index contributed by atoms with van der Waals surface area (Å²) in [6, 6.07) is 0. The Balaban J connectivity index is 1.71. The lowest BCUT2D eigenvalue weighted by atomic mass is 9.85. The molecule has 2 N–H and O–H groups in total. The van der Waals surface area contributed by atoms with Gasteiger partial charge in [0.15, 0.2) is 9.84 Å². The molecule has 3 unspecified atom stereocenters. The predicted octanol–water partition coefficient (Wildman–Crippen LogP) is 1.18. The summed E-state index contributed by atoms with van der Waals surface area (Å²) in [4.78, 5) is 0. The van der Waals surface area contributed by atoms with Gasteiger partial charge in [-0.15, -0.1) is 0 Å². The molecule has 0 aromatic rings. The molecule has 5 heteroatoms. The van der Waals surface area contributed by atoms with E-state index in [-0.39, 0.29) is 5.54 Å². The van der Waals surface area contributed by atoms with Crippen LogP contribution in [0.2, 0.25) is 0 Å². The van der Waals surface area contributed by atoms with Gasteiger partial charge < -0.3 is 10.6 Å². The number of sulfone groups is 1. The molecule has 0 bridgehead atoms. The molecule has 2 aliphatic heterocycles. The Bertz CT molecular complexity index is 390. The van der Waals surface area contributed by atoms with Crippen molar-refractivity contribution in [2.45, 2.75) is 45.1 Å². The third-order valence-corrected chi connectivity index (χ3v) is 6.70. The van der Waals surface area contributed by atoms with Gasteiger partial charge in [-0.2, -0.15) is 0 Å². The number of hydrogen-bond donors (Lipinski definition) is 2. The maximum Gasteiger partial charge on any atom is 0.152 e. The van der Waals surface area contributed by atoms with Crippen molar-refractivity contribution in [2.75, 3.05) is 31.1 Å². The van der Waals surface area contributed by atoms with Crippen LogP contribution in [0.5, 0.6) is 0 Å². The van der Waals surface area contributed by atoms with E-state index in [1.807, 2.05) is 6.92 Å². The molecule has 0 spiro atoms. The molecule has 4 nitrogen and oxygen atoms in total. The number of hydrogen-bond acceptors (Lipinski definition) is 4. The maximum absolute atomic E-state index is 11.5. The molecule has 0 aliphatic carbocycles. The summed E-state index contributed by atoms with van der Waals surface area (Å²) in [5, 5.41) is 6.95. The summed E-state index contributed by atoms with van der Waals surface area (Å²) in [5.41, 5.74) is -0.191. The second-order valence-electron chi connectivity index (χ2n) is 6.70. The highest BCUT2D eigenvalue weighted by Gasteiger charge is 2.37. The average molecular weight is 288 g/mol. The highest BCUT2D eigenvalue weighted by atomic mass is 32.2. The van der Waals surface area contributed by atoms with E-state index < -0.39 is 9.84 Å². The molecule has 0 radical (unpaired) electrons. The summed E-state index contributed by atoms with van der Waals surface area (Å²) in [7, 11) is -2.80. The lowest BCUT2D eigenvalue weighted by Crippen LogP contribution is -2.44. The first-order valence-corrected chi connectivity index (χ1v) is 9.39. The van der Waals surface area contributed by atoms with Gasteiger partial charge in [0.1, 0.15) is 0 Å². The molecular weight excluding hydrogens is 260 g/mol. The van der Waals surface area contributed by atoms with E-state index in [9.17, 15) is 8.42 Å². The molecule has 2 heterocycles. The van der Waals surface area contributed by atoms with Gasteiger partial charge in [0, 0.05) is 5.54 Å². The van der Waals surface area contributed by atoms with Gasteiger partial charge in [0.05, 0.1) is 11.5 Å². The minimum absolute atomic E-state index is 0.191. The van der Waals surface area contributed by atoms with Crippen LogP contribution in [0.3, 0.4) is 0 Å². The lowest BCUT2D eigenvalue weighted by molar-refractivity contribution is 0.257. The topological polar surface area (TPSA) is 58.2 Å². The molecule has 0 aromatic heterocycles. The van der Waals surface area contributed by atoms with Crippen molar-refractivity contribution in [3.63, 3.8) is 0 Å². The number of piperidine rings is 1. The predicted molar refractivity (Wildman–Crippen MR) is 79.1 cm³/mol. The zero-order valence-corrected chi connectivity index (χ0v) is 13.1. The van der Waals surface area contributed by atoms with Gasteiger partial charge in [-0.3, -0.25) is 0 Å². The first kappa shape index (κ1) is 15.3. The van der Waals surface area contributed by atoms with Crippen LogP contribution in [0, 0.1) is 11.8 Å². The quantitative estimate of drug-likeness (QED) is 0.797. The molecular formula is C14H28N2O2S. The van der Waals surface area contributed by atoms with Crippen molar-refractivity contribution >= 4 is 9.84 Å². The zero-order chi connectivity index (χ0) is 13.9. The monoisotopic (exact) mass is 288 g/mol. The number of rotatable bonds is 5. The second kappa shape index (κ2) is 6.10. The van der Waals surface area contributed by atoms with Gasteiger partial charge >= 0.3 is 0 Å².